The van der Waals surface area contributed by atoms with Crippen LogP contribution in [0.3, 0.4) is 0 Å². The normalized spacial score (nSPS) is 24.6. The number of piperidine rings is 1. The molecular weight excluding hydrogens is 460 g/mol. The van der Waals surface area contributed by atoms with Gasteiger partial charge in [0, 0.05) is 44.2 Å². The van der Waals surface area contributed by atoms with Crippen molar-refractivity contribution in [3.05, 3.63) is 65.7 Å². The summed E-state index contributed by atoms with van der Waals surface area (Å²) < 4.78 is 5.83. The number of benzene rings is 2. The van der Waals surface area contributed by atoms with Crippen molar-refractivity contribution in [1.29, 1.82) is 5.26 Å². The Bertz CT molecular complexity index is 1080. The number of hydrogen-bond donors (Lipinski definition) is 1. The number of nitriles is 1. The second-order valence-corrected chi connectivity index (χ2v) is 11.3. The molecule has 0 spiro atoms. The standard InChI is InChI=1S/C31H40N4O2/c1-23-11-13-27(14-12-23)35-20-24(21-35)19-34-17-15-26(16-18-34)31(22-32,25-7-4-3-5-8-25)28-9-6-10-29(28)37-30(36)33-2/h3-5,7-8,11-14,24,26,28-29H,6,9-10,15-21H2,1-2H3,(H,33,36)/t28-,29-,31?/m1/s1. The van der Waals surface area contributed by atoms with Crippen LogP contribution >= 0.6 is 0 Å². The molecule has 1 amide bonds. The molecule has 3 fully saturated rings. The molecule has 2 aromatic rings. The number of alkyl carbamates (subject to hydrolysis) is 1. The van der Waals surface area contributed by atoms with E-state index in [-0.39, 0.29) is 17.9 Å². The highest BCUT2D eigenvalue weighted by Gasteiger charge is 2.53. The van der Waals surface area contributed by atoms with Crippen molar-refractivity contribution in [3.8, 4) is 6.07 Å². The van der Waals surface area contributed by atoms with Gasteiger partial charge in [0.15, 0.2) is 0 Å². The van der Waals surface area contributed by atoms with Gasteiger partial charge in [-0.15, -0.1) is 0 Å². The van der Waals surface area contributed by atoms with Crippen LogP contribution in [-0.4, -0.2) is 56.9 Å². The van der Waals surface area contributed by atoms with E-state index < -0.39 is 11.5 Å². The van der Waals surface area contributed by atoms with Crippen LogP contribution in [0.5, 0.6) is 0 Å². The summed E-state index contributed by atoms with van der Waals surface area (Å²) in [6, 6.07) is 22.0. The molecule has 2 saturated heterocycles. The predicted octanol–water partition coefficient (Wildman–Crippen LogP) is 5.13. The number of rotatable bonds is 7. The number of amides is 1. The summed E-state index contributed by atoms with van der Waals surface area (Å²) in [6.45, 7) is 7.55. The van der Waals surface area contributed by atoms with Crippen LogP contribution in [0.15, 0.2) is 54.6 Å². The second kappa shape index (κ2) is 11.1. The second-order valence-electron chi connectivity index (χ2n) is 11.3. The summed E-state index contributed by atoms with van der Waals surface area (Å²) in [5.41, 5.74) is 3.08. The average Bonchev–Trinajstić information content (AvgIpc) is 3.37. The molecule has 0 bridgehead atoms. The summed E-state index contributed by atoms with van der Waals surface area (Å²) in [6.07, 6.45) is 4.11. The topological polar surface area (TPSA) is 68.6 Å². The Morgan fingerprint density at radius 2 is 1.76 bits per heavy atom. The summed E-state index contributed by atoms with van der Waals surface area (Å²) in [5.74, 6) is 0.969. The molecular formula is C31H40N4O2. The number of nitrogens with zero attached hydrogens (tertiary/aromatic N) is 3. The maximum atomic E-state index is 12.1. The zero-order valence-electron chi connectivity index (χ0n) is 22.2. The van der Waals surface area contributed by atoms with E-state index in [0.717, 1.165) is 70.4 Å². The van der Waals surface area contributed by atoms with Crippen LogP contribution in [0.25, 0.3) is 0 Å². The highest BCUT2D eigenvalue weighted by Crippen LogP contribution is 2.51. The van der Waals surface area contributed by atoms with Gasteiger partial charge in [-0.1, -0.05) is 48.0 Å². The van der Waals surface area contributed by atoms with Crippen LogP contribution in [0.1, 0.15) is 43.2 Å². The van der Waals surface area contributed by atoms with Crippen LogP contribution in [0.2, 0.25) is 0 Å². The highest BCUT2D eigenvalue weighted by atomic mass is 16.6. The van der Waals surface area contributed by atoms with E-state index in [9.17, 15) is 10.1 Å². The first-order chi connectivity index (χ1) is 18.0. The fourth-order valence-corrected chi connectivity index (χ4v) is 7.08. The van der Waals surface area contributed by atoms with Crippen molar-refractivity contribution in [2.45, 2.75) is 50.5 Å². The van der Waals surface area contributed by atoms with E-state index in [4.69, 9.17) is 4.74 Å². The van der Waals surface area contributed by atoms with E-state index in [1.165, 1.54) is 11.3 Å². The van der Waals surface area contributed by atoms with Gasteiger partial charge in [-0.05, 0) is 75.7 Å². The molecule has 196 valence electrons. The predicted molar refractivity (Wildman–Crippen MR) is 146 cm³/mol. The molecule has 1 N–H and O–H groups in total. The summed E-state index contributed by atoms with van der Waals surface area (Å²) in [7, 11) is 1.60. The van der Waals surface area contributed by atoms with Gasteiger partial charge in [-0.2, -0.15) is 5.26 Å². The van der Waals surface area contributed by atoms with Gasteiger partial charge in [0.2, 0.25) is 0 Å². The van der Waals surface area contributed by atoms with Crippen molar-refractivity contribution in [1.82, 2.24) is 10.2 Å². The van der Waals surface area contributed by atoms with E-state index in [1.807, 2.05) is 18.2 Å². The third kappa shape index (κ3) is 5.20. The average molecular weight is 501 g/mol. The molecule has 0 aromatic heterocycles. The minimum atomic E-state index is -0.638. The molecule has 2 heterocycles. The molecule has 1 saturated carbocycles. The lowest BCUT2D eigenvalue weighted by Gasteiger charge is -2.47. The molecule has 2 aliphatic heterocycles. The van der Waals surface area contributed by atoms with Crippen molar-refractivity contribution >= 4 is 11.8 Å². The Kier molecular flexibility index (Phi) is 7.71. The minimum Gasteiger partial charge on any atom is -0.446 e. The van der Waals surface area contributed by atoms with E-state index in [2.05, 4.69) is 64.5 Å². The Morgan fingerprint density at radius 3 is 2.41 bits per heavy atom. The van der Waals surface area contributed by atoms with Crippen LogP contribution in [0.4, 0.5) is 10.5 Å². The number of aryl methyl sites for hydroxylation is 1. The molecule has 3 aliphatic rings. The third-order valence-corrected chi connectivity index (χ3v) is 9.04. The number of hydrogen-bond acceptors (Lipinski definition) is 5. The molecule has 6 nitrogen and oxygen atoms in total. The van der Waals surface area contributed by atoms with Crippen molar-refractivity contribution in [2.75, 3.05) is 44.7 Å². The first kappa shape index (κ1) is 25.6. The maximum absolute atomic E-state index is 12.1. The zero-order valence-corrected chi connectivity index (χ0v) is 22.2. The number of carbonyl (C=O) groups is 1. The Morgan fingerprint density at radius 1 is 1.05 bits per heavy atom. The number of likely N-dealkylation sites (tertiary alicyclic amines) is 1. The number of carbonyl (C=O) groups excluding carboxylic acids is 1. The smallest absolute Gasteiger partial charge is 0.407 e. The largest absolute Gasteiger partial charge is 0.446 e. The van der Waals surface area contributed by atoms with Gasteiger partial charge in [0.1, 0.15) is 6.10 Å². The Labute approximate surface area is 221 Å². The molecule has 2 aromatic carbocycles. The lowest BCUT2D eigenvalue weighted by molar-refractivity contribution is 0.0307. The molecule has 37 heavy (non-hydrogen) atoms. The number of anilines is 1. The zero-order chi connectivity index (χ0) is 25.8. The molecule has 1 unspecified atom stereocenters. The highest BCUT2D eigenvalue weighted by molar-refractivity contribution is 5.67. The summed E-state index contributed by atoms with van der Waals surface area (Å²) >= 11 is 0. The van der Waals surface area contributed by atoms with Crippen LogP contribution in [-0.2, 0) is 10.2 Å². The first-order valence-electron chi connectivity index (χ1n) is 13.9. The van der Waals surface area contributed by atoms with Crippen LogP contribution < -0.4 is 10.2 Å². The fraction of sp³-hybridized carbons (Fsp3) is 0.548. The quantitative estimate of drug-likeness (QED) is 0.571. The van der Waals surface area contributed by atoms with Gasteiger partial charge in [-0.3, -0.25) is 0 Å². The lowest BCUT2D eigenvalue weighted by atomic mass is 9.59. The maximum Gasteiger partial charge on any atom is 0.407 e. The van der Waals surface area contributed by atoms with Gasteiger partial charge in [-0.25, -0.2) is 4.79 Å². The molecule has 3 atom stereocenters. The van der Waals surface area contributed by atoms with E-state index in [1.54, 1.807) is 7.05 Å². The van der Waals surface area contributed by atoms with E-state index in [0.29, 0.717) is 5.92 Å². The van der Waals surface area contributed by atoms with E-state index >= 15 is 0 Å². The first-order valence-corrected chi connectivity index (χ1v) is 13.9. The summed E-state index contributed by atoms with van der Waals surface area (Å²) in [4.78, 5) is 17.2. The number of nitrogens with one attached hydrogen (secondary N) is 1. The monoisotopic (exact) mass is 500 g/mol. The molecule has 0 radical (unpaired) electrons. The number of ether oxygens (including phenoxy) is 1. The van der Waals surface area contributed by atoms with Gasteiger partial charge in [0.05, 0.1) is 11.5 Å². The van der Waals surface area contributed by atoms with Gasteiger partial charge in [0.25, 0.3) is 0 Å². The van der Waals surface area contributed by atoms with Gasteiger partial charge < -0.3 is 19.9 Å². The summed E-state index contributed by atoms with van der Waals surface area (Å²) in [5, 5.41) is 13.4. The fourth-order valence-electron chi connectivity index (χ4n) is 7.08. The van der Waals surface area contributed by atoms with Gasteiger partial charge >= 0.3 is 6.09 Å². The third-order valence-electron chi connectivity index (χ3n) is 9.04. The molecule has 1 aliphatic carbocycles. The van der Waals surface area contributed by atoms with Crippen molar-refractivity contribution < 1.29 is 9.53 Å². The Balaban J connectivity index is 1.25. The van der Waals surface area contributed by atoms with Crippen molar-refractivity contribution in [3.63, 3.8) is 0 Å². The minimum absolute atomic E-state index is 0.0171. The Hall–Kier alpha value is -3.04. The van der Waals surface area contributed by atoms with Crippen LogP contribution in [0, 0.1) is 36.0 Å². The SMILES string of the molecule is CNC(=O)O[C@@H]1CCC[C@H]1C(C#N)(c1ccccc1)C1CCN(CC2CN(c3ccc(C)cc3)C2)CC1. The van der Waals surface area contributed by atoms with Crippen molar-refractivity contribution in [2.24, 2.45) is 17.8 Å². The molecule has 6 heteroatoms. The molecule has 5 rings (SSSR count). The lowest BCUT2D eigenvalue weighted by Crippen LogP contribution is -2.54.